The van der Waals surface area contributed by atoms with Crippen molar-refractivity contribution in [3.63, 3.8) is 0 Å². The lowest BCUT2D eigenvalue weighted by atomic mass is 9.96. The van der Waals surface area contributed by atoms with E-state index in [1.54, 1.807) is 0 Å². The van der Waals surface area contributed by atoms with E-state index in [4.69, 9.17) is 4.74 Å². The van der Waals surface area contributed by atoms with Gasteiger partial charge in [0.15, 0.2) is 0 Å². The van der Waals surface area contributed by atoms with Gasteiger partial charge in [0.2, 0.25) is 0 Å². The zero-order valence-corrected chi connectivity index (χ0v) is 11.8. The van der Waals surface area contributed by atoms with Crippen LogP contribution in [0.2, 0.25) is 0 Å². The molecule has 3 heteroatoms. The first-order valence-electron chi connectivity index (χ1n) is 7.42. The van der Waals surface area contributed by atoms with Crippen LogP contribution in [-0.4, -0.2) is 43.3 Å². The van der Waals surface area contributed by atoms with Crippen LogP contribution in [0.1, 0.15) is 24.0 Å². The van der Waals surface area contributed by atoms with Gasteiger partial charge in [0.05, 0.1) is 13.2 Å². The molecule has 0 bridgehead atoms. The van der Waals surface area contributed by atoms with Crippen LogP contribution < -0.4 is 5.32 Å². The molecule has 3 rings (SSSR count). The van der Waals surface area contributed by atoms with Gasteiger partial charge in [-0.05, 0) is 25.3 Å². The van der Waals surface area contributed by atoms with Gasteiger partial charge in [-0.15, -0.1) is 0 Å². The molecule has 2 aliphatic heterocycles. The average Bonchev–Trinajstić information content (AvgIpc) is 2.46. The maximum absolute atomic E-state index is 5.59. The number of hydrogen-bond acceptors (Lipinski definition) is 3. The van der Waals surface area contributed by atoms with E-state index in [0.29, 0.717) is 12.1 Å². The Morgan fingerprint density at radius 2 is 2.11 bits per heavy atom. The number of nitrogens with zero attached hydrogens (tertiary/aromatic N) is 1. The van der Waals surface area contributed by atoms with Crippen LogP contribution in [0.3, 0.4) is 0 Å². The first kappa shape index (κ1) is 13.1. The molecule has 1 N–H and O–H groups in total. The summed E-state index contributed by atoms with van der Waals surface area (Å²) in [6.45, 7) is 7.30. The zero-order valence-electron chi connectivity index (χ0n) is 11.8. The Morgan fingerprint density at radius 3 is 2.95 bits per heavy atom. The minimum Gasteiger partial charge on any atom is -0.378 e. The number of piperidine rings is 1. The number of benzene rings is 1. The monoisotopic (exact) mass is 260 g/mol. The van der Waals surface area contributed by atoms with E-state index in [9.17, 15) is 0 Å². The molecular formula is C16H24N2O. The first-order chi connectivity index (χ1) is 9.31. The average molecular weight is 260 g/mol. The molecule has 0 spiro atoms. The lowest BCUT2D eigenvalue weighted by Crippen LogP contribution is -2.53. The number of rotatable bonds is 3. The molecule has 3 nitrogen and oxygen atoms in total. The van der Waals surface area contributed by atoms with E-state index in [1.165, 1.54) is 30.5 Å². The fraction of sp³-hybridized carbons (Fsp3) is 0.625. The highest BCUT2D eigenvalue weighted by Crippen LogP contribution is 2.20. The molecule has 1 unspecified atom stereocenters. The summed E-state index contributed by atoms with van der Waals surface area (Å²) in [4.78, 5) is 2.59. The Kier molecular flexibility index (Phi) is 4.16. The molecular weight excluding hydrogens is 236 g/mol. The van der Waals surface area contributed by atoms with Gasteiger partial charge in [-0.3, -0.25) is 4.90 Å². The third-order valence-electron chi connectivity index (χ3n) is 4.39. The van der Waals surface area contributed by atoms with Gasteiger partial charge in [-0.2, -0.15) is 0 Å². The first-order valence-corrected chi connectivity index (χ1v) is 7.42. The normalized spacial score (nSPS) is 28.1. The fourth-order valence-corrected chi connectivity index (χ4v) is 3.12. The van der Waals surface area contributed by atoms with E-state index >= 15 is 0 Å². The fourth-order valence-electron chi connectivity index (χ4n) is 3.12. The lowest BCUT2D eigenvalue weighted by Gasteiger charge is -2.42. The van der Waals surface area contributed by atoms with Crippen LogP contribution in [0.4, 0.5) is 0 Å². The van der Waals surface area contributed by atoms with Gasteiger partial charge < -0.3 is 10.1 Å². The van der Waals surface area contributed by atoms with Crippen molar-refractivity contribution in [2.24, 2.45) is 0 Å². The van der Waals surface area contributed by atoms with Gasteiger partial charge >= 0.3 is 0 Å². The number of aryl methyl sites for hydroxylation is 1. The molecule has 2 atom stereocenters. The molecule has 0 radical (unpaired) electrons. The minimum atomic E-state index is 0.637. The Bertz CT molecular complexity index is 404. The summed E-state index contributed by atoms with van der Waals surface area (Å²) < 4.78 is 5.59. The summed E-state index contributed by atoms with van der Waals surface area (Å²) in [5.74, 6) is 0. The highest BCUT2D eigenvalue weighted by Gasteiger charge is 2.30. The standard InChI is InChI=1S/C16H24N2O/c1-13-2-4-14(5-3-13)11-17-15-6-7-18-8-9-19-12-16(18)10-15/h2-5,15-17H,6-12H2,1H3/t15-,16?/m0/s1. The molecule has 1 aromatic rings. The number of fused-ring (bicyclic) bond motifs is 1. The molecule has 0 aliphatic carbocycles. The van der Waals surface area contributed by atoms with Crippen molar-refractivity contribution < 1.29 is 4.74 Å². The summed E-state index contributed by atoms with van der Waals surface area (Å²) in [6, 6.07) is 10.1. The molecule has 104 valence electrons. The van der Waals surface area contributed by atoms with Crippen molar-refractivity contribution in [1.82, 2.24) is 10.2 Å². The Morgan fingerprint density at radius 1 is 1.26 bits per heavy atom. The molecule has 1 aromatic carbocycles. The van der Waals surface area contributed by atoms with Crippen LogP contribution in [0.5, 0.6) is 0 Å². The topological polar surface area (TPSA) is 24.5 Å². The molecule has 19 heavy (non-hydrogen) atoms. The van der Waals surface area contributed by atoms with Crippen LogP contribution in [0.15, 0.2) is 24.3 Å². The number of hydrogen-bond donors (Lipinski definition) is 1. The van der Waals surface area contributed by atoms with Crippen LogP contribution in [0.25, 0.3) is 0 Å². The number of morpholine rings is 1. The van der Waals surface area contributed by atoms with Crippen molar-refractivity contribution >= 4 is 0 Å². The molecule has 2 heterocycles. The molecule has 2 saturated heterocycles. The smallest absolute Gasteiger partial charge is 0.0623 e. The van der Waals surface area contributed by atoms with E-state index in [0.717, 1.165) is 26.3 Å². The van der Waals surface area contributed by atoms with Crippen LogP contribution in [-0.2, 0) is 11.3 Å². The summed E-state index contributed by atoms with van der Waals surface area (Å²) in [6.07, 6.45) is 2.49. The molecule has 2 aliphatic rings. The Hall–Kier alpha value is -0.900. The summed E-state index contributed by atoms with van der Waals surface area (Å²) >= 11 is 0. The predicted molar refractivity (Wildman–Crippen MR) is 77.2 cm³/mol. The van der Waals surface area contributed by atoms with Crippen molar-refractivity contribution in [2.45, 2.75) is 38.4 Å². The van der Waals surface area contributed by atoms with Crippen molar-refractivity contribution in [3.8, 4) is 0 Å². The van der Waals surface area contributed by atoms with E-state index in [1.807, 2.05) is 0 Å². The van der Waals surface area contributed by atoms with Gasteiger partial charge in [0, 0.05) is 31.7 Å². The molecule has 0 amide bonds. The number of nitrogens with one attached hydrogen (secondary N) is 1. The molecule has 2 fully saturated rings. The van der Waals surface area contributed by atoms with Gasteiger partial charge in [0.1, 0.15) is 0 Å². The third kappa shape index (κ3) is 3.35. The molecule has 0 aromatic heterocycles. The van der Waals surface area contributed by atoms with E-state index in [2.05, 4.69) is 41.4 Å². The largest absolute Gasteiger partial charge is 0.378 e. The SMILES string of the molecule is Cc1ccc(CN[C@H]2CCN3CCOCC3C2)cc1. The van der Waals surface area contributed by atoms with Gasteiger partial charge in [-0.25, -0.2) is 0 Å². The van der Waals surface area contributed by atoms with E-state index in [-0.39, 0.29) is 0 Å². The quantitative estimate of drug-likeness (QED) is 0.899. The van der Waals surface area contributed by atoms with Crippen molar-refractivity contribution in [3.05, 3.63) is 35.4 Å². The second-order valence-electron chi connectivity index (χ2n) is 5.85. The van der Waals surface area contributed by atoms with Gasteiger partial charge in [-0.1, -0.05) is 29.8 Å². The predicted octanol–water partition coefficient (Wildman–Crippen LogP) is 1.95. The summed E-state index contributed by atoms with van der Waals surface area (Å²) in [5, 5.41) is 3.71. The second kappa shape index (κ2) is 6.04. The highest BCUT2D eigenvalue weighted by atomic mass is 16.5. The van der Waals surface area contributed by atoms with Gasteiger partial charge in [0.25, 0.3) is 0 Å². The maximum atomic E-state index is 5.59. The minimum absolute atomic E-state index is 0.637. The summed E-state index contributed by atoms with van der Waals surface area (Å²) in [7, 11) is 0. The summed E-state index contributed by atoms with van der Waals surface area (Å²) in [5.41, 5.74) is 2.71. The van der Waals surface area contributed by atoms with E-state index < -0.39 is 0 Å². The molecule has 0 saturated carbocycles. The highest BCUT2D eigenvalue weighted by molar-refractivity contribution is 5.21. The third-order valence-corrected chi connectivity index (χ3v) is 4.39. The Balaban J connectivity index is 1.49. The number of ether oxygens (including phenoxy) is 1. The van der Waals surface area contributed by atoms with Crippen LogP contribution >= 0.6 is 0 Å². The Labute approximate surface area is 115 Å². The van der Waals surface area contributed by atoms with Crippen molar-refractivity contribution in [2.75, 3.05) is 26.3 Å². The second-order valence-corrected chi connectivity index (χ2v) is 5.85. The zero-order chi connectivity index (χ0) is 13.1. The van der Waals surface area contributed by atoms with Crippen LogP contribution in [0, 0.1) is 6.92 Å². The van der Waals surface area contributed by atoms with Crippen molar-refractivity contribution in [1.29, 1.82) is 0 Å². The maximum Gasteiger partial charge on any atom is 0.0623 e. The lowest BCUT2D eigenvalue weighted by molar-refractivity contribution is -0.0298.